The van der Waals surface area contributed by atoms with Crippen molar-refractivity contribution in [3.63, 3.8) is 0 Å². The van der Waals surface area contributed by atoms with Crippen molar-refractivity contribution in [2.45, 2.75) is 6.54 Å². The Bertz CT molecular complexity index is 914. The topological polar surface area (TPSA) is 73.0 Å². The summed E-state index contributed by atoms with van der Waals surface area (Å²) in [6.45, 7) is 0.399. The Morgan fingerprint density at radius 2 is 1.92 bits per heavy atom. The number of hydrogen-bond acceptors (Lipinski definition) is 4. The summed E-state index contributed by atoms with van der Waals surface area (Å²) >= 11 is 0. The van der Waals surface area contributed by atoms with Crippen LogP contribution in [0.15, 0.2) is 59.7 Å². The van der Waals surface area contributed by atoms with Gasteiger partial charge in [-0.25, -0.2) is 9.36 Å². The highest BCUT2D eigenvalue weighted by Crippen LogP contribution is 2.10. The quantitative estimate of drug-likeness (QED) is 0.724. The first kappa shape index (κ1) is 15.7. The molecule has 0 saturated heterocycles. The van der Waals surface area contributed by atoms with Crippen LogP contribution in [0.25, 0.3) is 5.69 Å². The summed E-state index contributed by atoms with van der Waals surface area (Å²) in [6, 6.07) is 12.5. The van der Waals surface area contributed by atoms with Gasteiger partial charge in [-0.1, -0.05) is 18.2 Å². The van der Waals surface area contributed by atoms with Crippen LogP contribution in [0.3, 0.4) is 0 Å². The van der Waals surface area contributed by atoms with Crippen molar-refractivity contribution in [1.82, 2.24) is 24.5 Å². The van der Waals surface area contributed by atoms with Crippen molar-refractivity contribution in [2.75, 3.05) is 7.05 Å². The van der Waals surface area contributed by atoms with E-state index in [4.69, 9.17) is 0 Å². The van der Waals surface area contributed by atoms with Crippen LogP contribution in [0.5, 0.6) is 0 Å². The Morgan fingerprint density at radius 1 is 1.17 bits per heavy atom. The Morgan fingerprint density at radius 3 is 2.62 bits per heavy atom. The number of aryl methyl sites for hydroxylation is 1. The fourth-order valence-corrected chi connectivity index (χ4v) is 2.32. The van der Waals surface area contributed by atoms with Crippen LogP contribution in [0.4, 0.5) is 0 Å². The molecule has 0 N–H and O–H groups in total. The second-order valence-electron chi connectivity index (χ2n) is 5.47. The molecule has 2 heterocycles. The first-order valence-corrected chi connectivity index (χ1v) is 7.43. The van der Waals surface area contributed by atoms with E-state index in [9.17, 15) is 9.59 Å². The van der Waals surface area contributed by atoms with Crippen molar-refractivity contribution >= 4 is 5.91 Å². The van der Waals surface area contributed by atoms with Gasteiger partial charge in [-0.3, -0.25) is 9.59 Å². The molecule has 2 aromatic heterocycles. The molecule has 0 bridgehead atoms. The van der Waals surface area contributed by atoms with E-state index in [2.05, 4.69) is 10.2 Å². The third-order valence-corrected chi connectivity index (χ3v) is 3.60. The van der Waals surface area contributed by atoms with Gasteiger partial charge >= 0.3 is 0 Å². The largest absolute Gasteiger partial charge is 0.336 e. The maximum atomic E-state index is 12.4. The van der Waals surface area contributed by atoms with Crippen LogP contribution in [0.2, 0.25) is 0 Å². The molecule has 0 saturated carbocycles. The van der Waals surface area contributed by atoms with Crippen molar-refractivity contribution in [3.8, 4) is 5.69 Å². The van der Waals surface area contributed by atoms with Crippen molar-refractivity contribution in [2.24, 2.45) is 7.05 Å². The molecule has 0 radical (unpaired) electrons. The number of rotatable bonds is 4. The van der Waals surface area contributed by atoms with Gasteiger partial charge in [0.05, 0.1) is 11.9 Å². The van der Waals surface area contributed by atoms with Gasteiger partial charge < -0.3 is 4.90 Å². The number of para-hydroxylation sites is 1. The minimum Gasteiger partial charge on any atom is -0.336 e. The van der Waals surface area contributed by atoms with E-state index in [0.717, 1.165) is 15.9 Å². The molecule has 122 valence electrons. The normalized spacial score (nSPS) is 10.6. The number of carbonyl (C=O) groups is 1. The lowest BCUT2D eigenvalue weighted by Crippen LogP contribution is -2.29. The zero-order chi connectivity index (χ0) is 17.1. The number of aromatic nitrogens is 4. The molecule has 0 spiro atoms. The molecule has 0 aliphatic rings. The fourth-order valence-electron chi connectivity index (χ4n) is 2.32. The molecule has 1 amide bonds. The molecular weight excluding hydrogens is 306 g/mol. The molecule has 1 aromatic carbocycles. The molecule has 7 nitrogen and oxygen atoms in total. The Balaban J connectivity index is 1.74. The van der Waals surface area contributed by atoms with Gasteiger partial charge in [0, 0.05) is 38.5 Å². The highest BCUT2D eigenvalue weighted by atomic mass is 16.2. The minimum absolute atomic E-state index is 0.232. The van der Waals surface area contributed by atoms with E-state index < -0.39 is 0 Å². The van der Waals surface area contributed by atoms with Crippen molar-refractivity contribution in [3.05, 3.63) is 76.5 Å². The number of amides is 1. The number of nitrogens with zero attached hydrogens (tertiary/aromatic N) is 5. The van der Waals surface area contributed by atoms with Gasteiger partial charge in [-0.05, 0) is 18.2 Å². The van der Waals surface area contributed by atoms with Gasteiger partial charge in [-0.2, -0.15) is 10.2 Å². The standard InChI is InChI=1S/C17H17N5O2/c1-20(17(24)15-8-9-16(23)21(2)19-15)11-13-10-18-22(12-13)14-6-4-3-5-7-14/h3-10,12H,11H2,1-2H3. The summed E-state index contributed by atoms with van der Waals surface area (Å²) < 4.78 is 2.91. The molecule has 24 heavy (non-hydrogen) atoms. The van der Waals surface area contributed by atoms with E-state index in [1.165, 1.54) is 19.2 Å². The summed E-state index contributed by atoms with van der Waals surface area (Å²) in [6.07, 6.45) is 3.61. The first-order valence-electron chi connectivity index (χ1n) is 7.43. The van der Waals surface area contributed by atoms with Gasteiger partial charge in [0.1, 0.15) is 5.69 Å². The summed E-state index contributed by atoms with van der Waals surface area (Å²) in [7, 11) is 3.21. The van der Waals surface area contributed by atoms with Crippen LogP contribution >= 0.6 is 0 Å². The second kappa shape index (κ2) is 6.49. The lowest BCUT2D eigenvalue weighted by Gasteiger charge is -2.15. The first-order chi connectivity index (χ1) is 11.5. The van der Waals surface area contributed by atoms with E-state index in [1.54, 1.807) is 22.8 Å². The van der Waals surface area contributed by atoms with Crippen LogP contribution in [0.1, 0.15) is 16.1 Å². The highest BCUT2D eigenvalue weighted by Gasteiger charge is 2.15. The summed E-state index contributed by atoms with van der Waals surface area (Å²) in [5.41, 5.74) is 1.84. The molecule has 0 aliphatic heterocycles. The third-order valence-electron chi connectivity index (χ3n) is 3.60. The molecule has 0 unspecified atom stereocenters. The fraction of sp³-hybridized carbons (Fsp3) is 0.176. The van der Waals surface area contributed by atoms with E-state index in [0.29, 0.717) is 6.54 Å². The monoisotopic (exact) mass is 323 g/mol. The van der Waals surface area contributed by atoms with E-state index in [1.807, 2.05) is 36.5 Å². The lowest BCUT2D eigenvalue weighted by molar-refractivity contribution is 0.0776. The molecule has 7 heteroatoms. The Labute approximate surface area is 138 Å². The van der Waals surface area contributed by atoms with E-state index >= 15 is 0 Å². The highest BCUT2D eigenvalue weighted by molar-refractivity contribution is 5.91. The van der Waals surface area contributed by atoms with Gasteiger partial charge in [0.15, 0.2) is 0 Å². The Hall–Kier alpha value is -3.22. The zero-order valence-electron chi connectivity index (χ0n) is 13.5. The number of hydrogen-bond donors (Lipinski definition) is 0. The summed E-state index contributed by atoms with van der Waals surface area (Å²) in [5, 5.41) is 8.30. The second-order valence-corrected chi connectivity index (χ2v) is 5.47. The van der Waals surface area contributed by atoms with Crippen molar-refractivity contribution in [1.29, 1.82) is 0 Å². The van der Waals surface area contributed by atoms with Crippen LogP contribution in [-0.4, -0.2) is 37.4 Å². The molecule has 3 rings (SSSR count). The number of carbonyl (C=O) groups excluding carboxylic acids is 1. The SMILES string of the molecule is CN(Cc1cnn(-c2ccccc2)c1)C(=O)c1ccc(=O)n(C)n1. The van der Waals surface area contributed by atoms with Gasteiger partial charge in [0.25, 0.3) is 11.5 Å². The average Bonchev–Trinajstić information content (AvgIpc) is 3.06. The average molecular weight is 323 g/mol. The van der Waals surface area contributed by atoms with Gasteiger partial charge in [-0.15, -0.1) is 0 Å². The van der Waals surface area contributed by atoms with Crippen molar-refractivity contribution < 1.29 is 4.79 Å². The molecule has 0 fully saturated rings. The molecule has 3 aromatic rings. The molecule has 0 aliphatic carbocycles. The maximum Gasteiger partial charge on any atom is 0.274 e. The molecule has 0 atom stereocenters. The molecular formula is C17H17N5O2. The summed E-state index contributed by atoms with van der Waals surface area (Å²) in [4.78, 5) is 25.3. The summed E-state index contributed by atoms with van der Waals surface area (Å²) in [5.74, 6) is -0.252. The zero-order valence-corrected chi connectivity index (χ0v) is 13.5. The lowest BCUT2D eigenvalue weighted by atomic mass is 10.3. The van der Waals surface area contributed by atoms with Crippen LogP contribution in [-0.2, 0) is 13.6 Å². The smallest absolute Gasteiger partial charge is 0.274 e. The van der Waals surface area contributed by atoms with Gasteiger partial charge in [0.2, 0.25) is 0 Å². The Kier molecular flexibility index (Phi) is 4.24. The third kappa shape index (κ3) is 3.24. The number of benzene rings is 1. The van der Waals surface area contributed by atoms with Crippen LogP contribution < -0.4 is 5.56 Å². The minimum atomic E-state index is -0.252. The maximum absolute atomic E-state index is 12.4. The van der Waals surface area contributed by atoms with Crippen LogP contribution in [0, 0.1) is 0 Å². The predicted octanol–water partition coefficient (Wildman–Crippen LogP) is 1.24. The van der Waals surface area contributed by atoms with E-state index in [-0.39, 0.29) is 17.2 Å². The predicted molar refractivity (Wildman–Crippen MR) is 88.8 cm³/mol.